The van der Waals surface area contributed by atoms with Gasteiger partial charge in [0.15, 0.2) is 5.65 Å². The SMILES string of the molecule is CC1C2=C(C=CCC2)C(F)CN1C(=O)c1cc(C2CC2)n2nc(-c3ccc(C4CC4)cc3F)cc2n1. The van der Waals surface area contributed by atoms with Crippen LogP contribution in [0.1, 0.15) is 79.0 Å². The van der Waals surface area contributed by atoms with Crippen molar-refractivity contribution in [2.24, 2.45) is 0 Å². The van der Waals surface area contributed by atoms with E-state index < -0.39 is 6.17 Å². The highest BCUT2D eigenvalue weighted by Gasteiger charge is 2.37. The Kier molecular flexibility index (Phi) is 4.92. The molecule has 3 aliphatic carbocycles. The molecular weight excluding hydrogens is 458 g/mol. The summed E-state index contributed by atoms with van der Waals surface area (Å²) in [6.45, 7) is 2.00. The number of nitrogens with zero attached hydrogens (tertiary/aromatic N) is 4. The lowest BCUT2D eigenvalue weighted by Gasteiger charge is -2.39. The first-order chi connectivity index (χ1) is 17.5. The van der Waals surface area contributed by atoms with Gasteiger partial charge in [0.05, 0.1) is 18.3 Å². The topological polar surface area (TPSA) is 50.5 Å². The monoisotopic (exact) mass is 486 g/mol. The fourth-order valence-corrected chi connectivity index (χ4v) is 5.80. The molecule has 2 atom stereocenters. The molecule has 1 aromatic carbocycles. The van der Waals surface area contributed by atoms with Crippen LogP contribution in [0.4, 0.5) is 8.78 Å². The summed E-state index contributed by atoms with van der Waals surface area (Å²) in [6, 6.07) is 8.79. The number of allylic oxidation sites excluding steroid dienone is 2. The zero-order valence-electron chi connectivity index (χ0n) is 20.3. The number of rotatable bonds is 4. The second-order valence-corrected chi connectivity index (χ2v) is 10.7. The molecule has 1 amide bonds. The third kappa shape index (κ3) is 3.59. The molecule has 0 spiro atoms. The van der Waals surface area contributed by atoms with Gasteiger partial charge in [-0.15, -0.1) is 0 Å². The van der Waals surface area contributed by atoms with Gasteiger partial charge in [-0.25, -0.2) is 18.3 Å². The van der Waals surface area contributed by atoms with Gasteiger partial charge < -0.3 is 4.90 Å². The lowest BCUT2D eigenvalue weighted by Crippen LogP contribution is -2.48. The predicted octanol–water partition coefficient (Wildman–Crippen LogP) is 6.12. The maximum atomic E-state index is 15.0. The van der Waals surface area contributed by atoms with Crippen LogP contribution < -0.4 is 0 Å². The third-order valence-electron chi connectivity index (χ3n) is 8.16. The van der Waals surface area contributed by atoms with Gasteiger partial charge in [-0.2, -0.15) is 5.10 Å². The number of benzene rings is 1. The minimum atomic E-state index is -1.19. The summed E-state index contributed by atoms with van der Waals surface area (Å²) in [5.74, 6) is 0.221. The Balaban J connectivity index is 1.27. The van der Waals surface area contributed by atoms with Gasteiger partial charge in [-0.1, -0.05) is 18.2 Å². The summed E-state index contributed by atoms with van der Waals surface area (Å²) < 4.78 is 31.8. The average molecular weight is 487 g/mol. The zero-order chi connectivity index (χ0) is 24.6. The van der Waals surface area contributed by atoms with E-state index in [0.29, 0.717) is 34.4 Å². The maximum absolute atomic E-state index is 15.0. The molecule has 2 fully saturated rings. The number of hydrogen-bond donors (Lipinski definition) is 0. The van der Waals surface area contributed by atoms with Gasteiger partial charge in [-0.3, -0.25) is 4.79 Å². The molecule has 2 saturated carbocycles. The summed E-state index contributed by atoms with van der Waals surface area (Å²) in [4.78, 5) is 19.9. The van der Waals surface area contributed by atoms with Crippen LogP contribution in [0.15, 0.2) is 53.6 Å². The van der Waals surface area contributed by atoms with E-state index in [1.807, 2.05) is 25.1 Å². The number of amides is 1. The molecule has 2 aromatic heterocycles. The highest BCUT2D eigenvalue weighted by atomic mass is 19.1. The molecule has 3 heterocycles. The minimum absolute atomic E-state index is 0.0257. The molecule has 1 aliphatic heterocycles. The maximum Gasteiger partial charge on any atom is 0.273 e. The highest BCUT2D eigenvalue weighted by molar-refractivity contribution is 5.94. The van der Waals surface area contributed by atoms with E-state index in [0.717, 1.165) is 60.9 Å². The molecule has 0 radical (unpaired) electrons. The molecule has 36 heavy (non-hydrogen) atoms. The molecule has 5 nitrogen and oxygen atoms in total. The largest absolute Gasteiger partial charge is 0.328 e. The highest BCUT2D eigenvalue weighted by Crippen LogP contribution is 2.42. The Hall–Kier alpha value is -3.35. The van der Waals surface area contributed by atoms with E-state index in [1.54, 1.807) is 33.7 Å². The summed E-state index contributed by atoms with van der Waals surface area (Å²) in [5.41, 5.74) is 5.45. The molecule has 7 heteroatoms. The lowest BCUT2D eigenvalue weighted by atomic mass is 9.86. The summed E-state index contributed by atoms with van der Waals surface area (Å²) in [7, 11) is 0. The van der Waals surface area contributed by atoms with Crippen LogP contribution in [-0.4, -0.2) is 44.2 Å². The van der Waals surface area contributed by atoms with Crippen molar-refractivity contribution < 1.29 is 13.6 Å². The number of carbonyl (C=O) groups is 1. The first-order valence-electron chi connectivity index (χ1n) is 13.0. The minimum Gasteiger partial charge on any atom is -0.328 e. The molecule has 3 aromatic rings. The van der Waals surface area contributed by atoms with Crippen LogP contribution in [0.5, 0.6) is 0 Å². The zero-order valence-corrected chi connectivity index (χ0v) is 20.3. The van der Waals surface area contributed by atoms with Crippen molar-refractivity contribution in [2.75, 3.05) is 6.54 Å². The van der Waals surface area contributed by atoms with E-state index in [9.17, 15) is 4.79 Å². The van der Waals surface area contributed by atoms with Crippen molar-refractivity contribution in [3.8, 4) is 11.3 Å². The fourth-order valence-electron chi connectivity index (χ4n) is 5.80. The molecule has 184 valence electrons. The van der Waals surface area contributed by atoms with E-state index in [2.05, 4.69) is 4.98 Å². The second-order valence-electron chi connectivity index (χ2n) is 10.7. The van der Waals surface area contributed by atoms with E-state index in [1.165, 1.54) is 0 Å². The summed E-state index contributed by atoms with van der Waals surface area (Å²) in [5, 5.41) is 4.70. The number of fused-ring (bicyclic) bond motifs is 1. The van der Waals surface area contributed by atoms with Gasteiger partial charge in [0, 0.05) is 23.2 Å². The molecule has 0 saturated heterocycles. The molecule has 2 unspecified atom stereocenters. The number of hydrogen-bond acceptors (Lipinski definition) is 3. The number of aromatic nitrogens is 3. The first kappa shape index (κ1) is 21.9. The van der Waals surface area contributed by atoms with Gasteiger partial charge in [0.1, 0.15) is 17.7 Å². The van der Waals surface area contributed by atoms with Crippen LogP contribution in [-0.2, 0) is 0 Å². The quantitative estimate of drug-likeness (QED) is 0.447. The smallest absolute Gasteiger partial charge is 0.273 e. The Morgan fingerprint density at radius 1 is 1.08 bits per heavy atom. The van der Waals surface area contributed by atoms with Crippen molar-refractivity contribution in [1.82, 2.24) is 19.5 Å². The second kappa shape index (κ2) is 8.08. The van der Waals surface area contributed by atoms with Gasteiger partial charge in [0.2, 0.25) is 0 Å². The van der Waals surface area contributed by atoms with E-state index >= 15 is 8.78 Å². The van der Waals surface area contributed by atoms with Crippen LogP contribution in [0.3, 0.4) is 0 Å². The third-order valence-corrected chi connectivity index (χ3v) is 8.16. The van der Waals surface area contributed by atoms with E-state index in [-0.39, 0.29) is 24.3 Å². The molecule has 4 aliphatic rings. The molecule has 0 N–H and O–H groups in total. The van der Waals surface area contributed by atoms with Crippen LogP contribution >= 0.6 is 0 Å². The number of halogens is 2. The number of alkyl halides is 1. The average Bonchev–Trinajstić information content (AvgIpc) is 3.82. The summed E-state index contributed by atoms with van der Waals surface area (Å²) >= 11 is 0. The fraction of sp³-hybridized carbons (Fsp3) is 0.414. The summed E-state index contributed by atoms with van der Waals surface area (Å²) in [6.07, 6.45) is 8.60. The Bertz CT molecular complexity index is 1460. The Morgan fingerprint density at radius 3 is 2.64 bits per heavy atom. The lowest BCUT2D eigenvalue weighted by molar-refractivity contribution is 0.0643. The Morgan fingerprint density at radius 2 is 1.89 bits per heavy atom. The van der Waals surface area contributed by atoms with Crippen molar-refractivity contribution >= 4 is 11.6 Å². The van der Waals surface area contributed by atoms with Gasteiger partial charge in [-0.05, 0) is 86.3 Å². The van der Waals surface area contributed by atoms with E-state index in [4.69, 9.17) is 5.10 Å². The van der Waals surface area contributed by atoms with Crippen LogP contribution in [0.25, 0.3) is 16.9 Å². The molecular formula is C29H28F2N4O. The molecule has 0 bridgehead atoms. The van der Waals surface area contributed by atoms with Crippen molar-refractivity contribution in [3.05, 3.63) is 76.4 Å². The van der Waals surface area contributed by atoms with Crippen molar-refractivity contribution in [3.63, 3.8) is 0 Å². The predicted molar refractivity (Wildman–Crippen MR) is 133 cm³/mol. The standard InChI is InChI=1S/C29H28F2N4O/c1-16-20-4-2-3-5-21(20)24(31)15-34(16)29(36)26-13-27(18-8-9-18)35-28(32-26)14-25(33-35)22-11-10-19(12-23(22)30)17-6-7-17/h3,5,10-14,16-18,24H,2,4,6-9,15H2,1H3. The molecule has 7 rings (SSSR count). The number of carbonyl (C=O) groups excluding carboxylic acids is 1. The first-order valence-corrected chi connectivity index (χ1v) is 13.0. The Labute approximate surface area is 208 Å². The van der Waals surface area contributed by atoms with Crippen molar-refractivity contribution in [2.45, 2.75) is 69.5 Å². The van der Waals surface area contributed by atoms with Crippen LogP contribution in [0.2, 0.25) is 0 Å². The normalized spacial score (nSPS) is 23.9. The van der Waals surface area contributed by atoms with Crippen LogP contribution in [0, 0.1) is 5.82 Å². The van der Waals surface area contributed by atoms with Crippen molar-refractivity contribution in [1.29, 1.82) is 0 Å². The van der Waals surface area contributed by atoms with Gasteiger partial charge in [0.25, 0.3) is 5.91 Å². The van der Waals surface area contributed by atoms with Gasteiger partial charge >= 0.3 is 0 Å².